The van der Waals surface area contributed by atoms with Crippen LogP contribution in [0, 0.1) is 5.82 Å². The maximum Gasteiger partial charge on any atom is 0.258 e. The van der Waals surface area contributed by atoms with Crippen LogP contribution in [0.4, 0.5) is 10.1 Å². The van der Waals surface area contributed by atoms with Crippen molar-refractivity contribution in [2.45, 2.75) is 20.4 Å². The van der Waals surface area contributed by atoms with Gasteiger partial charge in [0.15, 0.2) is 0 Å². The molecule has 0 bridgehead atoms. The summed E-state index contributed by atoms with van der Waals surface area (Å²) in [6.45, 7) is 7.15. The Morgan fingerprint density at radius 3 is 2.27 bits per heavy atom. The highest BCUT2D eigenvalue weighted by atomic mass is 19.1. The van der Waals surface area contributed by atoms with Crippen molar-refractivity contribution in [2.24, 2.45) is 0 Å². The molecule has 0 radical (unpaired) electrons. The molecule has 22 heavy (non-hydrogen) atoms. The number of carbonyl (C=O) groups is 1. The molecule has 0 saturated carbocycles. The number of hydrogen-bond donors (Lipinski definition) is 1. The zero-order valence-corrected chi connectivity index (χ0v) is 13.0. The summed E-state index contributed by atoms with van der Waals surface area (Å²) in [6.07, 6.45) is 0. The van der Waals surface area contributed by atoms with Crippen LogP contribution in [0.15, 0.2) is 48.5 Å². The first kappa shape index (κ1) is 16.2. The monoisotopic (exact) mass is 300 g/mol. The third-order valence-corrected chi connectivity index (χ3v) is 3.63. The van der Waals surface area contributed by atoms with Crippen LogP contribution in [0.5, 0.6) is 0 Å². The Hall–Kier alpha value is -2.20. The zero-order valence-electron chi connectivity index (χ0n) is 13.0. The minimum atomic E-state index is -0.516. The molecule has 3 nitrogen and oxygen atoms in total. The second-order valence-electron chi connectivity index (χ2n) is 5.09. The molecule has 0 unspecified atom stereocenters. The first-order chi connectivity index (χ1) is 10.6. The summed E-state index contributed by atoms with van der Waals surface area (Å²) in [4.78, 5) is 14.3. The van der Waals surface area contributed by atoms with E-state index in [-0.39, 0.29) is 5.56 Å². The van der Waals surface area contributed by atoms with Gasteiger partial charge in [0.25, 0.3) is 5.91 Å². The van der Waals surface area contributed by atoms with Crippen molar-refractivity contribution >= 4 is 11.6 Å². The van der Waals surface area contributed by atoms with Gasteiger partial charge in [0.2, 0.25) is 0 Å². The summed E-state index contributed by atoms with van der Waals surface area (Å²) in [6, 6.07) is 13.6. The van der Waals surface area contributed by atoms with Crippen molar-refractivity contribution in [2.75, 3.05) is 18.4 Å². The van der Waals surface area contributed by atoms with E-state index in [0.717, 1.165) is 19.6 Å². The van der Waals surface area contributed by atoms with Gasteiger partial charge in [-0.25, -0.2) is 4.39 Å². The molecular weight excluding hydrogens is 279 g/mol. The number of halogens is 1. The highest BCUT2D eigenvalue weighted by Gasteiger charge is 2.10. The van der Waals surface area contributed by atoms with Crippen molar-refractivity contribution in [3.63, 3.8) is 0 Å². The molecule has 1 amide bonds. The fourth-order valence-corrected chi connectivity index (χ4v) is 2.24. The molecule has 2 aromatic rings. The third kappa shape index (κ3) is 4.15. The number of amides is 1. The van der Waals surface area contributed by atoms with Crippen LogP contribution in [0.1, 0.15) is 29.8 Å². The molecule has 0 saturated heterocycles. The second-order valence-corrected chi connectivity index (χ2v) is 5.09. The van der Waals surface area contributed by atoms with Crippen LogP contribution >= 0.6 is 0 Å². The summed E-state index contributed by atoms with van der Waals surface area (Å²) >= 11 is 0. The molecular formula is C18H21FN2O. The van der Waals surface area contributed by atoms with Crippen LogP contribution in [0.25, 0.3) is 0 Å². The fraction of sp³-hybridized carbons (Fsp3) is 0.278. The summed E-state index contributed by atoms with van der Waals surface area (Å²) in [7, 11) is 0. The van der Waals surface area contributed by atoms with E-state index in [1.54, 1.807) is 12.1 Å². The maximum absolute atomic E-state index is 13.6. The topological polar surface area (TPSA) is 32.3 Å². The van der Waals surface area contributed by atoms with Gasteiger partial charge < -0.3 is 5.32 Å². The normalized spacial score (nSPS) is 10.7. The Morgan fingerprint density at radius 1 is 1.05 bits per heavy atom. The molecule has 0 spiro atoms. The first-order valence-electron chi connectivity index (χ1n) is 7.51. The molecule has 2 rings (SSSR count). The van der Waals surface area contributed by atoms with Gasteiger partial charge in [0.05, 0.1) is 5.56 Å². The Labute approximate surface area is 130 Å². The van der Waals surface area contributed by atoms with Crippen LogP contribution < -0.4 is 5.32 Å². The zero-order chi connectivity index (χ0) is 15.9. The van der Waals surface area contributed by atoms with Crippen LogP contribution in [-0.4, -0.2) is 23.9 Å². The number of carbonyl (C=O) groups excluding carboxylic acids is 1. The molecule has 2 aromatic carbocycles. The molecule has 0 heterocycles. The lowest BCUT2D eigenvalue weighted by molar-refractivity contribution is 0.102. The van der Waals surface area contributed by atoms with E-state index >= 15 is 0 Å². The van der Waals surface area contributed by atoms with Gasteiger partial charge in [-0.15, -0.1) is 0 Å². The largest absolute Gasteiger partial charge is 0.322 e. The van der Waals surface area contributed by atoms with Gasteiger partial charge >= 0.3 is 0 Å². The molecule has 0 aliphatic rings. The maximum atomic E-state index is 13.6. The molecule has 0 aromatic heterocycles. The van der Waals surface area contributed by atoms with Gasteiger partial charge in [-0.3, -0.25) is 9.69 Å². The van der Waals surface area contributed by atoms with E-state index in [1.807, 2.05) is 24.3 Å². The van der Waals surface area contributed by atoms with Crippen molar-refractivity contribution in [3.8, 4) is 0 Å². The molecule has 0 aliphatic heterocycles. The molecule has 0 aliphatic carbocycles. The van der Waals surface area contributed by atoms with E-state index in [1.165, 1.54) is 17.7 Å². The van der Waals surface area contributed by atoms with E-state index < -0.39 is 11.7 Å². The average molecular weight is 300 g/mol. The van der Waals surface area contributed by atoms with Crippen molar-refractivity contribution in [3.05, 3.63) is 65.5 Å². The van der Waals surface area contributed by atoms with Crippen molar-refractivity contribution < 1.29 is 9.18 Å². The Kier molecular flexibility index (Phi) is 5.67. The quantitative estimate of drug-likeness (QED) is 0.877. The predicted octanol–water partition coefficient (Wildman–Crippen LogP) is 3.92. The number of anilines is 1. The summed E-state index contributed by atoms with van der Waals surface area (Å²) in [5.41, 5.74) is 1.90. The van der Waals surface area contributed by atoms with E-state index in [4.69, 9.17) is 0 Å². The standard InChI is InChI=1S/C18H21FN2O/c1-3-21(4-2)13-14-9-11-15(12-10-14)20-18(22)16-7-5-6-8-17(16)19/h5-12H,3-4,13H2,1-2H3,(H,20,22). The van der Waals surface area contributed by atoms with Crippen LogP contribution in [0.2, 0.25) is 0 Å². The van der Waals surface area contributed by atoms with Gasteiger partial charge in [0, 0.05) is 12.2 Å². The average Bonchev–Trinajstić information content (AvgIpc) is 2.54. The van der Waals surface area contributed by atoms with E-state index in [9.17, 15) is 9.18 Å². The van der Waals surface area contributed by atoms with E-state index in [2.05, 4.69) is 24.1 Å². The number of rotatable bonds is 6. The summed E-state index contributed by atoms with van der Waals surface area (Å²) < 4.78 is 13.6. The number of nitrogens with zero attached hydrogens (tertiary/aromatic N) is 1. The molecule has 0 fully saturated rings. The number of nitrogens with one attached hydrogen (secondary N) is 1. The van der Waals surface area contributed by atoms with Gasteiger partial charge in [-0.05, 0) is 42.9 Å². The minimum Gasteiger partial charge on any atom is -0.322 e. The molecule has 1 N–H and O–H groups in total. The lowest BCUT2D eigenvalue weighted by Gasteiger charge is -2.18. The molecule has 0 atom stereocenters. The molecule has 4 heteroatoms. The number of benzene rings is 2. The Bertz CT molecular complexity index is 621. The minimum absolute atomic E-state index is 0.0507. The van der Waals surface area contributed by atoms with Gasteiger partial charge in [-0.2, -0.15) is 0 Å². The number of hydrogen-bond acceptors (Lipinski definition) is 2. The van der Waals surface area contributed by atoms with Gasteiger partial charge in [0.1, 0.15) is 5.82 Å². The van der Waals surface area contributed by atoms with Crippen LogP contribution in [-0.2, 0) is 6.54 Å². The van der Waals surface area contributed by atoms with E-state index in [0.29, 0.717) is 5.69 Å². The Morgan fingerprint density at radius 2 is 1.68 bits per heavy atom. The lowest BCUT2D eigenvalue weighted by Crippen LogP contribution is -2.22. The highest BCUT2D eigenvalue weighted by molar-refractivity contribution is 6.04. The predicted molar refractivity (Wildman–Crippen MR) is 87.4 cm³/mol. The molecule has 116 valence electrons. The lowest BCUT2D eigenvalue weighted by atomic mass is 10.1. The summed E-state index contributed by atoms with van der Waals surface area (Å²) in [5.74, 6) is -0.951. The van der Waals surface area contributed by atoms with Crippen LogP contribution in [0.3, 0.4) is 0 Å². The SMILES string of the molecule is CCN(CC)Cc1ccc(NC(=O)c2ccccc2F)cc1. The van der Waals surface area contributed by atoms with Crippen molar-refractivity contribution in [1.82, 2.24) is 4.90 Å². The van der Waals surface area contributed by atoms with Crippen molar-refractivity contribution in [1.29, 1.82) is 0 Å². The fourth-order valence-electron chi connectivity index (χ4n) is 2.24. The first-order valence-corrected chi connectivity index (χ1v) is 7.51. The third-order valence-electron chi connectivity index (χ3n) is 3.63. The smallest absolute Gasteiger partial charge is 0.258 e. The van der Waals surface area contributed by atoms with Gasteiger partial charge in [-0.1, -0.05) is 38.1 Å². The highest BCUT2D eigenvalue weighted by Crippen LogP contribution is 2.14. The second kappa shape index (κ2) is 7.71. The summed E-state index contributed by atoms with van der Waals surface area (Å²) in [5, 5.41) is 2.72. The Balaban J connectivity index is 2.02.